The molecule has 0 N–H and O–H groups in total. The molecule has 1 fully saturated rings. The molecule has 0 aliphatic heterocycles. The Morgan fingerprint density at radius 3 is 2.20 bits per heavy atom. The molecule has 15 heavy (non-hydrogen) atoms. The molecule has 84 valence electrons. The van der Waals surface area contributed by atoms with Gasteiger partial charge >= 0.3 is 0 Å². The first-order valence-electron chi connectivity index (χ1n) is 5.80. The molecule has 2 aliphatic carbocycles. The molecule has 2 nitrogen and oxygen atoms in total. The van der Waals surface area contributed by atoms with E-state index < -0.39 is 0 Å². The summed E-state index contributed by atoms with van der Waals surface area (Å²) in [5.74, 6) is 2.14. The number of Topliss-reactive ketones (excluding diaryl/α,β-unsaturated/α-hetero) is 1. The van der Waals surface area contributed by atoms with Crippen molar-refractivity contribution in [3.63, 3.8) is 0 Å². The minimum atomic E-state index is 0.273. The van der Waals surface area contributed by atoms with E-state index in [2.05, 4.69) is 13.8 Å². The first-order valence-corrected chi connectivity index (χ1v) is 5.80. The van der Waals surface area contributed by atoms with Crippen LogP contribution in [-0.2, 0) is 9.59 Å². The van der Waals surface area contributed by atoms with Gasteiger partial charge in [0.15, 0.2) is 5.78 Å². The highest BCUT2D eigenvalue weighted by molar-refractivity contribution is 5.91. The number of hydrogen-bond acceptors (Lipinski definition) is 2. The van der Waals surface area contributed by atoms with Gasteiger partial charge in [-0.25, -0.2) is 0 Å². The predicted molar refractivity (Wildman–Crippen MR) is 60.6 cm³/mol. The molecule has 0 spiro atoms. The Morgan fingerprint density at radius 2 is 2.00 bits per heavy atom. The van der Waals surface area contributed by atoms with Crippen LogP contribution in [0, 0.1) is 11.8 Å². The third-order valence-corrected chi connectivity index (χ3v) is 3.09. The molecule has 0 aromatic heterocycles. The number of hydrogen-bond donors (Lipinski definition) is 0. The Kier molecular flexibility index (Phi) is 4.73. The van der Waals surface area contributed by atoms with E-state index in [0.717, 1.165) is 32.1 Å². The molecule has 0 bridgehead atoms. The second-order valence-corrected chi connectivity index (χ2v) is 4.69. The van der Waals surface area contributed by atoms with Gasteiger partial charge in [-0.3, -0.25) is 9.59 Å². The first-order chi connectivity index (χ1) is 7.09. The van der Waals surface area contributed by atoms with E-state index in [1.54, 1.807) is 6.08 Å². The lowest BCUT2D eigenvalue weighted by Gasteiger charge is -2.10. The van der Waals surface area contributed by atoms with Gasteiger partial charge < -0.3 is 0 Å². The van der Waals surface area contributed by atoms with Gasteiger partial charge in [-0.1, -0.05) is 19.9 Å². The zero-order chi connectivity index (χ0) is 11.3. The molecule has 2 aliphatic rings. The van der Waals surface area contributed by atoms with Crippen LogP contribution in [0.2, 0.25) is 0 Å². The number of carbonyl (C=O) groups excluding carboxylic acids is 2. The van der Waals surface area contributed by atoms with E-state index >= 15 is 0 Å². The van der Waals surface area contributed by atoms with Crippen LogP contribution in [0.1, 0.15) is 46.0 Å². The van der Waals surface area contributed by atoms with E-state index in [-0.39, 0.29) is 5.78 Å². The Hall–Kier alpha value is -0.920. The summed E-state index contributed by atoms with van der Waals surface area (Å²) in [6, 6.07) is 0. The highest BCUT2D eigenvalue weighted by atomic mass is 16.1. The fourth-order valence-corrected chi connectivity index (χ4v) is 1.94. The summed E-state index contributed by atoms with van der Waals surface area (Å²) >= 11 is 0. The molecule has 2 rings (SSSR count). The van der Waals surface area contributed by atoms with E-state index in [1.165, 1.54) is 0 Å². The van der Waals surface area contributed by atoms with Crippen molar-refractivity contribution < 1.29 is 9.59 Å². The van der Waals surface area contributed by atoms with Crippen molar-refractivity contribution >= 4 is 11.6 Å². The third-order valence-electron chi connectivity index (χ3n) is 3.09. The molecule has 0 radical (unpaired) electrons. The molecule has 0 saturated heterocycles. The van der Waals surface area contributed by atoms with Crippen molar-refractivity contribution in [2.24, 2.45) is 11.8 Å². The van der Waals surface area contributed by atoms with Crippen molar-refractivity contribution in [2.75, 3.05) is 0 Å². The van der Waals surface area contributed by atoms with Crippen LogP contribution in [0.15, 0.2) is 12.2 Å². The second kappa shape index (κ2) is 5.84. The van der Waals surface area contributed by atoms with Gasteiger partial charge in [-0.05, 0) is 30.8 Å². The predicted octanol–water partition coefficient (Wildman–Crippen LogP) is 2.92. The Balaban J connectivity index is 0.000000162. The largest absolute Gasteiger partial charge is 0.300 e. The van der Waals surface area contributed by atoms with Crippen LogP contribution in [0.25, 0.3) is 0 Å². The molecule has 0 amide bonds. The van der Waals surface area contributed by atoms with Crippen molar-refractivity contribution in [1.29, 1.82) is 0 Å². The maximum absolute atomic E-state index is 10.8. The smallest absolute Gasteiger partial charge is 0.155 e. The minimum Gasteiger partial charge on any atom is -0.300 e. The fourth-order valence-electron chi connectivity index (χ4n) is 1.94. The van der Waals surface area contributed by atoms with Gasteiger partial charge in [0.2, 0.25) is 0 Å². The fraction of sp³-hybridized carbons (Fsp3) is 0.692. The number of rotatable bonds is 1. The lowest BCUT2D eigenvalue weighted by molar-refractivity contribution is -0.117. The summed E-state index contributed by atoms with van der Waals surface area (Å²) in [5, 5.41) is 0. The zero-order valence-electron chi connectivity index (χ0n) is 9.66. The monoisotopic (exact) mass is 208 g/mol. The summed E-state index contributed by atoms with van der Waals surface area (Å²) in [6.07, 6.45) is 8.05. The number of allylic oxidation sites excluding steroid dienone is 2. The molecule has 1 saturated carbocycles. The van der Waals surface area contributed by atoms with E-state index in [9.17, 15) is 9.59 Å². The summed E-state index contributed by atoms with van der Waals surface area (Å²) in [5.41, 5.74) is 0. The van der Waals surface area contributed by atoms with Crippen LogP contribution in [0.5, 0.6) is 0 Å². The number of ketones is 2. The van der Waals surface area contributed by atoms with Gasteiger partial charge in [-0.15, -0.1) is 0 Å². The van der Waals surface area contributed by atoms with E-state index in [4.69, 9.17) is 0 Å². The lowest BCUT2D eigenvalue weighted by Crippen LogP contribution is -2.03. The van der Waals surface area contributed by atoms with Gasteiger partial charge in [0, 0.05) is 19.3 Å². The molecular weight excluding hydrogens is 188 g/mol. The Morgan fingerprint density at radius 1 is 1.27 bits per heavy atom. The van der Waals surface area contributed by atoms with Gasteiger partial charge in [-0.2, -0.15) is 0 Å². The topological polar surface area (TPSA) is 34.1 Å². The van der Waals surface area contributed by atoms with E-state index in [1.807, 2.05) is 6.08 Å². The lowest BCUT2D eigenvalue weighted by atomic mass is 9.95. The quantitative estimate of drug-likeness (QED) is 0.664. The summed E-state index contributed by atoms with van der Waals surface area (Å²) in [7, 11) is 0. The normalized spacial score (nSPS) is 24.6. The maximum atomic E-state index is 10.8. The molecule has 0 aromatic rings. The first kappa shape index (κ1) is 12.2. The Bertz CT molecular complexity index is 264. The molecular formula is C13H20O2. The van der Waals surface area contributed by atoms with Crippen LogP contribution < -0.4 is 0 Å². The van der Waals surface area contributed by atoms with Crippen LogP contribution in [0.4, 0.5) is 0 Å². The minimum absolute atomic E-state index is 0.273. The van der Waals surface area contributed by atoms with Crippen molar-refractivity contribution in [3.8, 4) is 0 Å². The summed E-state index contributed by atoms with van der Waals surface area (Å²) in [6.45, 7) is 4.40. The van der Waals surface area contributed by atoms with Gasteiger partial charge in [0.1, 0.15) is 5.78 Å². The van der Waals surface area contributed by atoms with Gasteiger partial charge in [0.05, 0.1) is 0 Å². The van der Waals surface area contributed by atoms with Crippen LogP contribution >= 0.6 is 0 Å². The van der Waals surface area contributed by atoms with Gasteiger partial charge in [0.25, 0.3) is 0 Å². The summed E-state index contributed by atoms with van der Waals surface area (Å²) in [4.78, 5) is 20.9. The molecule has 2 heteroatoms. The molecule has 0 aromatic carbocycles. The molecule has 0 heterocycles. The average Bonchev–Trinajstić information content (AvgIpc) is 2.77. The van der Waals surface area contributed by atoms with E-state index in [0.29, 0.717) is 17.6 Å². The second-order valence-electron chi connectivity index (χ2n) is 4.69. The highest BCUT2D eigenvalue weighted by Crippen LogP contribution is 2.28. The SMILES string of the molecule is CC(C)C1CCC(=O)C1.O=C1C=CCC1. The van der Waals surface area contributed by atoms with Crippen LogP contribution in [0.3, 0.4) is 0 Å². The highest BCUT2D eigenvalue weighted by Gasteiger charge is 2.23. The summed E-state index contributed by atoms with van der Waals surface area (Å²) < 4.78 is 0. The molecule has 1 unspecified atom stereocenters. The van der Waals surface area contributed by atoms with Crippen molar-refractivity contribution in [1.82, 2.24) is 0 Å². The Labute approximate surface area is 91.7 Å². The van der Waals surface area contributed by atoms with Crippen molar-refractivity contribution in [3.05, 3.63) is 12.2 Å². The zero-order valence-corrected chi connectivity index (χ0v) is 9.66. The van der Waals surface area contributed by atoms with Crippen molar-refractivity contribution in [2.45, 2.75) is 46.0 Å². The third kappa shape index (κ3) is 4.41. The molecule has 1 atom stereocenters. The average molecular weight is 208 g/mol. The maximum Gasteiger partial charge on any atom is 0.155 e. The standard InChI is InChI=1S/C8H14O.C5H6O/c1-6(2)7-3-4-8(9)5-7;6-5-3-1-2-4-5/h6-7H,3-5H2,1-2H3;1,3H,2,4H2. The van der Waals surface area contributed by atoms with Crippen LogP contribution in [-0.4, -0.2) is 11.6 Å². The number of carbonyl (C=O) groups is 2.